The van der Waals surface area contributed by atoms with Gasteiger partial charge in [0.15, 0.2) is 0 Å². The van der Waals surface area contributed by atoms with E-state index in [0.717, 1.165) is 6.54 Å². The number of nitrogens with zero attached hydrogens (tertiary/aromatic N) is 1. The molecule has 0 aliphatic carbocycles. The van der Waals surface area contributed by atoms with E-state index in [-0.39, 0.29) is 5.91 Å². The van der Waals surface area contributed by atoms with Gasteiger partial charge in [-0.3, -0.25) is 4.79 Å². The van der Waals surface area contributed by atoms with Crippen molar-refractivity contribution in [3.8, 4) is 0 Å². The Morgan fingerprint density at radius 2 is 2.00 bits per heavy atom. The second kappa shape index (κ2) is 11.9. The summed E-state index contributed by atoms with van der Waals surface area (Å²) in [7, 11) is 3.92. The molecule has 0 saturated carbocycles. The van der Waals surface area contributed by atoms with Crippen LogP contribution in [0.5, 0.6) is 0 Å². The number of hydrogen-bond donors (Lipinski definition) is 2. The van der Waals surface area contributed by atoms with Crippen molar-refractivity contribution >= 4 is 5.91 Å². The highest BCUT2D eigenvalue weighted by molar-refractivity contribution is 5.86. The van der Waals surface area contributed by atoms with E-state index in [4.69, 9.17) is 5.73 Å². The van der Waals surface area contributed by atoms with Crippen molar-refractivity contribution in [2.24, 2.45) is 5.73 Å². The van der Waals surface area contributed by atoms with Crippen molar-refractivity contribution in [2.75, 3.05) is 33.7 Å². The first-order chi connectivity index (χ1) is 6.58. The molecule has 0 aliphatic rings. The molecule has 1 amide bonds. The number of nitrogens with two attached hydrogens (primary N) is 1. The maximum atomic E-state index is 10.5. The molecular formula is C10H21N3O. The molecule has 0 rings (SSSR count). The summed E-state index contributed by atoms with van der Waals surface area (Å²) in [6.07, 6.45) is 2.93. The van der Waals surface area contributed by atoms with Crippen molar-refractivity contribution in [1.29, 1.82) is 0 Å². The summed E-state index contributed by atoms with van der Waals surface area (Å²) in [5.41, 5.74) is 4.91. The molecule has 0 radical (unpaired) electrons. The van der Waals surface area contributed by atoms with Crippen LogP contribution >= 0.6 is 0 Å². The predicted molar refractivity (Wildman–Crippen MR) is 61.0 cm³/mol. The minimum atomic E-state index is -0.109. The Morgan fingerprint density at radius 3 is 2.29 bits per heavy atom. The van der Waals surface area contributed by atoms with Crippen molar-refractivity contribution in [2.45, 2.75) is 0 Å². The first-order valence-corrected chi connectivity index (χ1v) is 4.44. The lowest BCUT2D eigenvalue weighted by atomic mass is 10.5. The van der Waals surface area contributed by atoms with Crippen LogP contribution in [0.15, 0.2) is 25.3 Å². The van der Waals surface area contributed by atoms with Crippen LogP contribution in [-0.4, -0.2) is 44.5 Å². The zero-order chi connectivity index (χ0) is 11.4. The smallest absolute Gasteiger partial charge is 0.243 e. The summed E-state index contributed by atoms with van der Waals surface area (Å²) in [4.78, 5) is 12.5. The first kappa shape index (κ1) is 15.3. The zero-order valence-corrected chi connectivity index (χ0v) is 9.12. The molecule has 0 aromatic carbocycles. The average molecular weight is 199 g/mol. The van der Waals surface area contributed by atoms with Gasteiger partial charge >= 0.3 is 0 Å². The molecule has 0 aliphatic heterocycles. The number of carbonyl (C=O) groups is 1. The molecule has 0 aromatic rings. The number of likely N-dealkylation sites (N-methyl/N-ethyl adjacent to an activating group) is 1. The van der Waals surface area contributed by atoms with Crippen molar-refractivity contribution in [3.63, 3.8) is 0 Å². The normalized spacial score (nSPS) is 8.57. The Balaban J connectivity index is 0. The second-order valence-electron chi connectivity index (χ2n) is 2.82. The van der Waals surface area contributed by atoms with E-state index < -0.39 is 0 Å². The summed E-state index contributed by atoms with van der Waals surface area (Å²) in [5, 5.41) is 2.66. The van der Waals surface area contributed by atoms with Crippen molar-refractivity contribution in [3.05, 3.63) is 25.3 Å². The van der Waals surface area contributed by atoms with E-state index in [1.54, 1.807) is 6.08 Å². The third-order valence-corrected chi connectivity index (χ3v) is 1.21. The second-order valence-corrected chi connectivity index (χ2v) is 2.82. The van der Waals surface area contributed by atoms with Crippen LogP contribution in [0.3, 0.4) is 0 Å². The summed E-state index contributed by atoms with van der Waals surface area (Å²) in [5.74, 6) is -0.109. The van der Waals surface area contributed by atoms with Gasteiger partial charge in [-0.05, 0) is 20.2 Å². The number of rotatable bonds is 5. The van der Waals surface area contributed by atoms with Crippen LogP contribution in [0.1, 0.15) is 0 Å². The minimum Gasteiger partial charge on any atom is -0.351 e. The number of carbonyl (C=O) groups excluding carboxylic acids is 1. The Labute approximate surface area is 86.5 Å². The lowest BCUT2D eigenvalue weighted by Crippen LogP contribution is -2.29. The Hall–Kier alpha value is -1.13. The third-order valence-electron chi connectivity index (χ3n) is 1.21. The summed E-state index contributed by atoms with van der Waals surface area (Å²) < 4.78 is 0. The van der Waals surface area contributed by atoms with Crippen LogP contribution in [-0.2, 0) is 4.79 Å². The molecule has 4 heteroatoms. The van der Waals surface area contributed by atoms with E-state index in [0.29, 0.717) is 13.1 Å². The molecule has 0 bridgehead atoms. The summed E-state index contributed by atoms with van der Waals surface area (Å²) in [6, 6.07) is 0. The lowest BCUT2D eigenvalue weighted by molar-refractivity contribution is -0.116. The average Bonchev–Trinajstić information content (AvgIpc) is 2.17. The van der Waals surface area contributed by atoms with E-state index >= 15 is 0 Å². The van der Waals surface area contributed by atoms with Crippen LogP contribution in [0.25, 0.3) is 0 Å². The topological polar surface area (TPSA) is 58.4 Å². The van der Waals surface area contributed by atoms with Crippen LogP contribution < -0.4 is 11.1 Å². The molecule has 0 spiro atoms. The van der Waals surface area contributed by atoms with Gasteiger partial charge in [0.05, 0.1) is 0 Å². The van der Waals surface area contributed by atoms with Gasteiger partial charge in [0, 0.05) is 19.6 Å². The highest BCUT2D eigenvalue weighted by atomic mass is 16.1. The Kier molecular flexibility index (Phi) is 13.0. The highest BCUT2D eigenvalue weighted by Gasteiger charge is 1.92. The molecule has 3 N–H and O–H groups in total. The fraction of sp³-hybridized carbons (Fsp3) is 0.500. The van der Waals surface area contributed by atoms with Crippen molar-refractivity contribution < 1.29 is 4.79 Å². The third kappa shape index (κ3) is 17.1. The van der Waals surface area contributed by atoms with E-state index in [2.05, 4.69) is 18.5 Å². The number of amides is 1. The molecule has 0 aromatic heterocycles. The Morgan fingerprint density at radius 1 is 1.50 bits per heavy atom. The maximum Gasteiger partial charge on any atom is 0.243 e. The molecule has 4 nitrogen and oxygen atoms in total. The Bertz CT molecular complexity index is 167. The van der Waals surface area contributed by atoms with E-state index in [9.17, 15) is 4.79 Å². The van der Waals surface area contributed by atoms with E-state index in [1.807, 2.05) is 19.0 Å². The van der Waals surface area contributed by atoms with Gasteiger partial charge < -0.3 is 16.0 Å². The van der Waals surface area contributed by atoms with Gasteiger partial charge in [-0.25, -0.2) is 0 Å². The van der Waals surface area contributed by atoms with Gasteiger partial charge in [0.1, 0.15) is 0 Å². The molecule has 14 heavy (non-hydrogen) atoms. The molecule has 82 valence electrons. The van der Waals surface area contributed by atoms with Gasteiger partial charge in [-0.2, -0.15) is 0 Å². The van der Waals surface area contributed by atoms with Crippen LogP contribution in [0, 0.1) is 0 Å². The highest BCUT2D eigenvalue weighted by Crippen LogP contribution is 1.71. The minimum absolute atomic E-state index is 0.109. The fourth-order valence-corrected chi connectivity index (χ4v) is 0.475. The molecule has 0 unspecified atom stereocenters. The lowest BCUT2D eigenvalue weighted by Gasteiger charge is -2.08. The van der Waals surface area contributed by atoms with Gasteiger partial charge in [0.25, 0.3) is 0 Å². The zero-order valence-electron chi connectivity index (χ0n) is 9.12. The largest absolute Gasteiger partial charge is 0.351 e. The van der Waals surface area contributed by atoms with E-state index in [1.165, 1.54) is 6.08 Å². The maximum absolute atomic E-state index is 10.5. The van der Waals surface area contributed by atoms with Gasteiger partial charge in [0.2, 0.25) is 5.91 Å². The first-order valence-electron chi connectivity index (χ1n) is 4.44. The van der Waals surface area contributed by atoms with Gasteiger partial charge in [-0.15, -0.1) is 6.58 Å². The predicted octanol–water partition coefficient (Wildman–Crippen LogP) is -0.0187. The molecule has 0 atom stereocenters. The molecule has 0 fully saturated rings. The number of nitrogens with one attached hydrogen (secondary N) is 1. The SMILES string of the molecule is C=CC(=O)NCCN(C)C.C=CCN. The van der Waals surface area contributed by atoms with Crippen molar-refractivity contribution in [1.82, 2.24) is 10.2 Å². The van der Waals surface area contributed by atoms with Crippen LogP contribution in [0.4, 0.5) is 0 Å². The van der Waals surface area contributed by atoms with Crippen LogP contribution in [0.2, 0.25) is 0 Å². The fourth-order valence-electron chi connectivity index (χ4n) is 0.475. The molecule has 0 heterocycles. The monoisotopic (exact) mass is 199 g/mol. The quantitative estimate of drug-likeness (QED) is 0.483. The summed E-state index contributed by atoms with van der Waals surface area (Å²) >= 11 is 0. The molecule has 0 saturated heterocycles. The summed E-state index contributed by atoms with van der Waals surface area (Å²) in [6.45, 7) is 8.81. The standard InChI is InChI=1S/C7H14N2O.C3H7N/c1-4-7(10)8-5-6-9(2)3;1-2-3-4/h4H,1,5-6H2,2-3H3,(H,8,10);2H,1,3-4H2. The number of hydrogen-bond acceptors (Lipinski definition) is 3. The molecular weight excluding hydrogens is 178 g/mol. The van der Waals surface area contributed by atoms with Gasteiger partial charge in [-0.1, -0.05) is 12.7 Å².